The molecule has 8 nitrogen and oxygen atoms in total. The van der Waals surface area contributed by atoms with E-state index in [4.69, 9.17) is 10.7 Å². The smallest absolute Gasteiger partial charge is 0.189 e. The molecule has 0 radical (unpaired) electrons. The van der Waals surface area contributed by atoms with Crippen molar-refractivity contribution in [2.45, 2.75) is 99.7 Å². The highest BCUT2D eigenvalue weighted by Crippen LogP contribution is 2.76. The number of Topliss-reactive ketones (excluding diaryl/α,β-unsaturated/α-hetero) is 1. The Balaban J connectivity index is 1.27. The van der Waals surface area contributed by atoms with Crippen LogP contribution in [0.1, 0.15) is 99.0 Å². The molecule has 0 saturated heterocycles. The van der Waals surface area contributed by atoms with Gasteiger partial charge in [0.15, 0.2) is 11.7 Å². The highest BCUT2D eigenvalue weighted by Gasteiger charge is 2.70. The quantitative estimate of drug-likeness (QED) is 0.190. The molecule has 3 aliphatic heterocycles. The van der Waals surface area contributed by atoms with Crippen molar-refractivity contribution in [1.29, 1.82) is 0 Å². The molecule has 51 heavy (non-hydrogen) atoms. The third-order valence-electron chi connectivity index (χ3n) is 14.8. The number of nitrogens with two attached hydrogens (primary N) is 1. The van der Waals surface area contributed by atoms with Crippen LogP contribution in [0.5, 0.6) is 0 Å². The maximum absolute atomic E-state index is 14.6. The lowest BCUT2D eigenvalue weighted by Gasteiger charge is -2.57. The summed E-state index contributed by atoms with van der Waals surface area (Å²) in [7, 11) is 7.59. The first-order valence-corrected chi connectivity index (χ1v) is 24.0. The van der Waals surface area contributed by atoms with Crippen molar-refractivity contribution in [2.24, 2.45) is 51.1 Å². The van der Waals surface area contributed by atoms with Crippen LogP contribution in [0.4, 0.5) is 0 Å². The Labute approximate surface area is 318 Å². The first kappa shape index (κ1) is 37.1. The second-order valence-electron chi connectivity index (χ2n) is 16.8. The molecule has 7 aliphatic rings. The predicted octanol–water partition coefficient (Wildman–Crippen LogP) is 5.99. The SMILES string of the molecule is CC12CCSSC3CCC4c5cc(ccc5CO)C(CO)SSCC(CC5=C6CC1CC(CO)C(CCCO)C62CC5=O)CC31NC(N)=NCC41. The van der Waals surface area contributed by atoms with Crippen LogP contribution in [0.3, 0.4) is 0 Å². The molecule has 0 aromatic heterocycles. The van der Waals surface area contributed by atoms with Crippen molar-refractivity contribution in [1.82, 2.24) is 5.32 Å². The lowest BCUT2D eigenvalue weighted by atomic mass is 9.47. The van der Waals surface area contributed by atoms with Gasteiger partial charge in [-0.05, 0) is 115 Å². The van der Waals surface area contributed by atoms with Gasteiger partial charge in [-0.15, -0.1) is 0 Å². The molecule has 11 unspecified atom stereocenters. The molecule has 3 saturated carbocycles. The van der Waals surface area contributed by atoms with Gasteiger partial charge in [0.1, 0.15) is 0 Å². The normalized spacial score (nSPS) is 42.1. The van der Waals surface area contributed by atoms with Crippen LogP contribution in [0.25, 0.3) is 0 Å². The summed E-state index contributed by atoms with van der Waals surface area (Å²) >= 11 is 0. The molecule has 3 heterocycles. The Morgan fingerprint density at radius 1 is 1.08 bits per heavy atom. The summed E-state index contributed by atoms with van der Waals surface area (Å²) in [5.41, 5.74) is 11.7. The third kappa shape index (κ3) is 5.89. The number of rotatable bonds is 6. The molecule has 2 spiro atoms. The second kappa shape index (κ2) is 14.7. The van der Waals surface area contributed by atoms with E-state index < -0.39 is 0 Å². The summed E-state index contributed by atoms with van der Waals surface area (Å²) in [6.07, 6.45) is 8.73. The van der Waals surface area contributed by atoms with E-state index in [1.165, 1.54) is 11.1 Å². The van der Waals surface area contributed by atoms with E-state index in [1.54, 1.807) is 10.8 Å². The number of benzene rings is 1. The van der Waals surface area contributed by atoms with Crippen LogP contribution in [0, 0.1) is 40.4 Å². The Kier molecular flexibility index (Phi) is 10.7. The lowest BCUT2D eigenvalue weighted by molar-refractivity contribution is -0.125. The molecule has 7 N–H and O–H groups in total. The number of nitrogens with zero attached hydrogens (tertiary/aromatic N) is 1. The van der Waals surface area contributed by atoms with Gasteiger partial charge in [0.2, 0.25) is 0 Å². The summed E-state index contributed by atoms with van der Waals surface area (Å²) < 4.78 is 0. The van der Waals surface area contributed by atoms with Gasteiger partial charge in [0.05, 0.1) is 24.0 Å². The number of aliphatic hydroxyl groups excluding tert-OH is 4. The molecule has 1 aromatic rings. The zero-order valence-electron chi connectivity index (χ0n) is 29.7. The fourth-order valence-corrected chi connectivity index (χ4v) is 18.7. The van der Waals surface area contributed by atoms with Crippen LogP contribution in [-0.4, -0.2) is 80.8 Å². The van der Waals surface area contributed by atoms with Gasteiger partial charge in [-0.3, -0.25) is 9.79 Å². The summed E-state index contributed by atoms with van der Waals surface area (Å²) in [5.74, 6) is 4.04. The van der Waals surface area contributed by atoms with Crippen LogP contribution in [0.2, 0.25) is 0 Å². The molecule has 11 atom stereocenters. The third-order valence-corrected chi connectivity index (χ3v) is 20.7. The minimum absolute atomic E-state index is 0.0238. The molecule has 12 heteroatoms. The number of nitrogens with one attached hydrogen (secondary N) is 1. The number of hydrogen-bond donors (Lipinski definition) is 6. The van der Waals surface area contributed by atoms with E-state index in [9.17, 15) is 25.2 Å². The van der Waals surface area contributed by atoms with Crippen LogP contribution < -0.4 is 11.1 Å². The highest BCUT2D eigenvalue weighted by atomic mass is 33.1. The van der Waals surface area contributed by atoms with Crippen LogP contribution >= 0.6 is 43.2 Å². The maximum atomic E-state index is 14.6. The van der Waals surface area contributed by atoms with E-state index in [-0.39, 0.29) is 77.6 Å². The minimum Gasteiger partial charge on any atom is -0.396 e. The second-order valence-corrected chi connectivity index (χ2v) is 22.1. The number of allylic oxidation sites excluding steroid dienone is 2. The number of aliphatic hydroxyl groups is 4. The van der Waals surface area contributed by atoms with Gasteiger partial charge in [-0.25, -0.2) is 0 Å². The Morgan fingerprint density at radius 3 is 2.73 bits per heavy atom. The van der Waals surface area contributed by atoms with Gasteiger partial charge in [0, 0.05) is 54.3 Å². The van der Waals surface area contributed by atoms with Crippen molar-refractivity contribution in [3.05, 3.63) is 46.0 Å². The summed E-state index contributed by atoms with van der Waals surface area (Å²) in [6.45, 7) is 3.41. The topological polar surface area (TPSA) is 148 Å². The van der Waals surface area contributed by atoms with Gasteiger partial charge in [-0.2, -0.15) is 0 Å². The summed E-state index contributed by atoms with van der Waals surface area (Å²) in [6, 6.07) is 6.39. The monoisotopic (exact) mass is 773 g/mol. The summed E-state index contributed by atoms with van der Waals surface area (Å²) in [4.78, 5) is 19.5. The molecule has 4 aliphatic carbocycles. The fraction of sp³-hybridized carbons (Fsp3) is 0.744. The Bertz CT molecular complexity index is 1580. The van der Waals surface area contributed by atoms with E-state index in [0.29, 0.717) is 42.3 Å². The average molecular weight is 774 g/mol. The van der Waals surface area contributed by atoms with Crippen molar-refractivity contribution in [3.8, 4) is 0 Å². The first-order chi connectivity index (χ1) is 24.7. The highest BCUT2D eigenvalue weighted by molar-refractivity contribution is 8.77. The molecule has 10 bridgehead atoms. The van der Waals surface area contributed by atoms with E-state index in [2.05, 4.69) is 30.4 Å². The van der Waals surface area contributed by atoms with E-state index >= 15 is 0 Å². The van der Waals surface area contributed by atoms with Crippen molar-refractivity contribution in [2.75, 3.05) is 37.9 Å². The van der Waals surface area contributed by atoms with Gasteiger partial charge >= 0.3 is 0 Å². The average Bonchev–Trinajstić information content (AvgIpc) is 3.46. The zero-order valence-corrected chi connectivity index (χ0v) is 33.0. The summed E-state index contributed by atoms with van der Waals surface area (Å²) in [5, 5.41) is 46.0. The van der Waals surface area contributed by atoms with Crippen molar-refractivity contribution < 1.29 is 25.2 Å². The molecule has 3 fully saturated rings. The van der Waals surface area contributed by atoms with Crippen molar-refractivity contribution in [3.63, 3.8) is 0 Å². The fourth-order valence-electron chi connectivity index (χ4n) is 12.5. The molecule has 8 rings (SSSR count). The number of guanidine groups is 1. The number of hydrogen-bond acceptors (Lipinski definition) is 12. The number of ketones is 1. The predicted molar refractivity (Wildman–Crippen MR) is 212 cm³/mol. The van der Waals surface area contributed by atoms with Crippen molar-refractivity contribution >= 4 is 54.9 Å². The number of fused-ring (bicyclic) bond motifs is 4. The van der Waals surface area contributed by atoms with E-state index in [0.717, 1.165) is 79.6 Å². The van der Waals surface area contributed by atoms with Gasteiger partial charge < -0.3 is 31.5 Å². The standard InChI is InChI=1S/C39H55N3O5S4/c1-37-8-10-48-51-35-7-6-27-28-13-23(4-5-24(28)18-44)34(20-46)50-49-21-22(15-39(35)32(27)17-41-36(40)42-39)11-29-31-14-26(37)12-25(19-45)30(3-2-9-43)38(31,37)16-33(29)47/h4-5,13,22,25-27,30,32,34-35,43-46H,2-3,6-12,14-21H2,1H3,(H3,40,41,42). The van der Waals surface area contributed by atoms with Gasteiger partial charge in [0.25, 0.3) is 0 Å². The number of carbonyl (C=O) groups is 1. The molecular weight excluding hydrogens is 719 g/mol. The van der Waals surface area contributed by atoms with E-state index in [1.807, 2.05) is 32.4 Å². The number of carbonyl (C=O) groups excluding carboxylic acids is 1. The molecule has 0 amide bonds. The largest absolute Gasteiger partial charge is 0.396 e. The van der Waals surface area contributed by atoms with Gasteiger partial charge in [-0.1, -0.05) is 73.9 Å². The van der Waals surface area contributed by atoms with Crippen LogP contribution in [-0.2, 0) is 11.4 Å². The lowest BCUT2D eigenvalue weighted by Crippen LogP contribution is -2.68. The number of aliphatic imine (C=N–C) groups is 1. The first-order valence-electron chi connectivity index (χ1n) is 19.2. The zero-order chi connectivity index (χ0) is 35.5. The maximum Gasteiger partial charge on any atom is 0.189 e. The Hall–Kier alpha value is -0.860. The Morgan fingerprint density at radius 2 is 1.94 bits per heavy atom. The molecular formula is C39H55N3O5S4. The molecule has 280 valence electrons. The van der Waals surface area contributed by atoms with Crippen LogP contribution in [0.15, 0.2) is 34.3 Å². The minimum atomic E-state index is -0.330. The molecule has 1 aromatic carbocycles.